The summed E-state index contributed by atoms with van der Waals surface area (Å²) in [6.45, 7) is 8.02. The van der Waals surface area contributed by atoms with Crippen molar-refractivity contribution in [2.75, 3.05) is 13.7 Å². The summed E-state index contributed by atoms with van der Waals surface area (Å²) in [5, 5.41) is 11.0. The number of ether oxygens (including phenoxy) is 2. The number of rotatable bonds is 9. The number of aromatic nitrogens is 4. The lowest BCUT2D eigenvalue weighted by Crippen LogP contribution is -2.37. The van der Waals surface area contributed by atoms with E-state index in [4.69, 9.17) is 9.47 Å². The lowest BCUT2D eigenvalue weighted by atomic mass is 9.86. The minimum atomic E-state index is -4.49. The molecule has 0 aliphatic rings. The van der Waals surface area contributed by atoms with E-state index in [9.17, 15) is 22.8 Å². The Morgan fingerprint density at radius 3 is 2.21 bits per heavy atom. The van der Waals surface area contributed by atoms with Gasteiger partial charge in [0.25, 0.3) is 0 Å². The molecule has 39 heavy (non-hydrogen) atoms. The highest BCUT2D eigenvalue weighted by atomic mass is 19.4. The van der Waals surface area contributed by atoms with Crippen LogP contribution in [0.2, 0.25) is 0 Å². The van der Waals surface area contributed by atoms with E-state index in [2.05, 4.69) is 41.4 Å². The third-order valence-electron chi connectivity index (χ3n) is 6.01. The highest BCUT2D eigenvalue weighted by molar-refractivity contribution is 5.79. The van der Waals surface area contributed by atoms with Crippen LogP contribution < -0.4 is 10.1 Å². The number of alkyl halides is 3. The van der Waals surface area contributed by atoms with E-state index < -0.39 is 30.3 Å². The van der Waals surface area contributed by atoms with E-state index in [1.54, 1.807) is 13.8 Å². The van der Waals surface area contributed by atoms with Crippen molar-refractivity contribution in [2.24, 2.45) is 0 Å². The van der Waals surface area contributed by atoms with Crippen molar-refractivity contribution in [3.8, 4) is 5.75 Å². The van der Waals surface area contributed by atoms with Crippen molar-refractivity contribution in [1.29, 1.82) is 0 Å². The van der Waals surface area contributed by atoms with Crippen molar-refractivity contribution in [3.63, 3.8) is 0 Å². The second-order valence-corrected chi connectivity index (χ2v) is 10.6. The van der Waals surface area contributed by atoms with Crippen molar-refractivity contribution in [3.05, 3.63) is 71.3 Å². The summed E-state index contributed by atoms with van der Waals surface area (Å²) in [6.07, 6.45) is -1.81. The Bertz CT molecular complexity index is 1280. The largest absolute Gasteiger partial charge is 0.483 e. The van der Waals surface area contributed by atoms with Crippen LogP contribution in [0.5, 0.6) is 5.75 Å². The summed E-state index contributed by atoms with van der Waals surface area (Å²) in [6, 6.07) is 9.56. The normalized spacial score (nSPS) is 13.1. The summed E-state index contributed by atoms with van der Waals surface area (Å²) < 4.78 is 48.4. The highest BCUT2D eigenvalue weighted by Gasteiger charge is 2.34. The fourth-order valence-corrected chi connectivity index (χ4v) is 3.66. The van der Waals surface area contributed by atoms with Gasteiger partial charge in [-0.1, -0.05) is 50.3 Å². The summed E-state index contributed by atoms with van der Waals surface area (Å²) in [4.78, 5) is 29.5. The van der Waals surface area contributed by atoms with Gasteiger partial charge < -0.3 is 14.8 Å². The first-order chi connectivity index (χ1) is 18.1. The average Bonchev–Trinajstić information content (AvgIpc) is 3.36. The molecule has 3 aromatic rings. The number of benzene rings is 1. The maximum Gasteiger partial charge on any atom is 0.422 e. The molecule has 1 N–H and O–H groups in total. The van der Waals surface area contributed by atoms with Gasteiger partial charge in [0.05, 0.1) is 31.6 Å². The predicted octanol–water partition coefficient (Wildman–Crippen LogP) is 4.27. The number of pyridine rings is 1. The Morgan fingerprint density at radius 2 is 1.67 bits per heavy atom. The maximum atomic E-state index is 13.1. The van der Waals surface area contributed by atoms with Crippen molar-refractivity contribution < 1.29 is 32.2 Å². The van der Waals surface area contributed by atoms with Gasteiger partial charge in [-0.05, 0) is 42.5 Å². The molecule has 9 nitrogen and oxygen atoms in total. The quantitative estimate of drug-likeness (QED) is 0.399. The van der Waals surface area contributed by atoms with Crippen LogP contribution >= 0.6 is 0 Å². The Morgan fingerprint density at radius 1 is 1.00 bits per heavy atom. The molecule has 0 aliphatic carbocycles. The van der Waals surface area contributed by atoms with Crippen LogP contribution in [-0.4, -0.2) is 51.7 Å². The van der Waals surface area contributed by atoms with E-state index in [1.165, 1.54) is 30.1 Å². The van der Waals surface area contributed by atoms with Crippen LogP contribution in [0.4, 0.5) is 13.2 Å². The molecule has 3 rings (SSSR count). The lowest BCUT2D eigenvalue weighted by Gasteiger charge is -2.21. The molecule has 0 bridgehead atoms. The number of hydrogen-bond donors (Lipinski definition) is 1. The van der Waals surface area contributed by atoms with E-state index in [-0.39, 0.29) is 34.9 Å². The number of halogens is 3. The Balaban J connectivity index is 1.87. The molecule has 1 aromatic carbocycles. The molecular formula is C27H32F3N5O4. The molecular weight excluding hydrogens is 515 g/mol. The maximum absolute atomic E-state index is 13.1. The molecule has 0 saturated heterocycles. The number of hydrogen-bond acceptors (Lipinski definition) is 7. The van der Waals surface area contributed by atoms with Crippen molar-refractivity contribution >= 4 is 11.9 Å². The second kappa shape index (κ2) is 11.4. The van der Waals surface area contributed by atoms with E-state index >= 15 is 0 Å². The molecule has 0 fully saturated rings. The molecule has 0 spiro atoms. The van der Waals surface area contributed by atoms with Crippen LogP contribution in [0.3, 0.4) is 0 Å². The van der Waals surface area contributed by atoms with Crippen LogP contribution in [0.1, 0.15) is 63.2 Å². The highest BCUT2D eigenvalue weighted by Crippen LogP contribution is 2.25. The molecule has 0 aliphatic heterocycles. The van der Waals surface area contributed by atoms with Gasteiger partial charge in [-0.2, -0.15) is 13.2 Å². The molecule has 2 heterocycles. The Hall–Kier alpha value is -3.96. The fourth-order valence-electron chi connectivity index (χ4n) is 3.66. The SMILES string of the molecule is COC(=O)C(C)(C)n1cc([C@H](NC(=O)Cc2ccc(C(C)(C)C)cc2)c2ccc(OCC(F)(F)F)cn2)nn1. The third-order valence-corrected chi connectivity index (χ3v) is 6.01. The number of nitrogens with zero attached hydrogens (tertiary/aromatic N) is 4. The first-order valence-electron chi connectivity index (χ1n) is 12.2. The molecule has 210 valence electrons. The minimum Gasteiger partial charge on any atom is -0.483 e. The number of amides is 1. The first kappa shape index (κ1) is 29.6. The van der Waals surface area contributed by atoms with Gasteiger partial charge in [0.2, 0.25) is 5.91 Å². The number of methoxy groups -OCH3 is 1. The molecule has 2 aromatic heterocycles. The minimum absolute atomic E-state index is 0.0304. The molecule has 0 radical (unpaired) electrons. The summed E-state index contributed by atoms with van der Waals surface area (Å²) in [5.74, 6) is -0.984. The zero-order valence-electron chi connectivity index (χ0n) is 22.7. The van der Waals surface area contributed by atoms with Gasteiger partial charge in [0, 0.05) is 0 Å². The summed E-state index contributed by atoms with van der Waals surface area (Å²) >= 11 is 0. The van der Waals surface area contributed by atoms with Crippen LogP contribution in [0.25, 0.3) is 0 Å². The van der Waals surface area contributed by atoms with Gasteiger partial charge >= 0.3 is 12.1 Å². The van der Waals surface area contributed by atoms with Gasteiger partial charge in [-0.25, -0.2) is 9.48 Å². The molecule has 12 heteroatoms. The standard InChI is InChI=1S/C27H32F3N5O4/c1-25(2,3)18-9-7-17(8-10-18)13-22(36)32-23(20-12-11-19(14-31-20)39-16-27(28,29)30)21-15-35(34-33-21)26(4,5)24(37)38-6/h7-12,14-15,23H,13,16H2,1-6H3,(H,32,36)/t23-/m1/s1. The van der Waals surface area contributed by atoms with E-state index in [0.29, 0.717) is 0 Å². The zero-order valence-corrected chi connectivity index (χ0v) is 22.7. The summed E-state index contributed by atoms with van der Waals surface area (Å²) in [5.41, 5.74) is 1.25. The van der Waals surface area contributed by atoms with Crippen molar-refractivity contribution in [1.82, 2.24) is 25.3 Å². The van der Waals surface area contributed by atoms with Gasteiger partial charge in [-0.3, -0.25) is 9.78 Å². The number of carbonyl (C=O) groups is 2. The van der Waals surface area contributed by atoms with Gasteiger partial charge in [-0.15, -0.1) is 5.10 Å². The van der Waals surface area contributed by atoms with Crippen LogP contribution in [-0.2, 0) is 31.7 Å². The molecule has 1 amide bonds. The molecule has 0 saturated carbocycles. The number of carbonyl (C=O) groups excluding carboxylic acids is 2. The number of nitrogens with one attached hydrogen (secondary N) is 1. The fraction of sp³-hybridized carbons (Fsp3) is 0.444. The van der Waals surface area contributed by atoms with Gasteiger partial charge in [0.15, 0.2) is 12.1 Å². The van der Waals surface area contributed by atoms with Gasteiger partial charge in [0.1, 0.15) is 17.5 Å². The third kappa shape index (κ3) is 7.78. The van der Waals surface area contributed by atoms with Crippen LogP contribution in [0.15, 0.2) is 48.8 Å². The average molecular weight is 548 g/mol. The topological polar surface area (TPSA) is 108 Å². The van der Waals surface area contributed by atoms with Crippen molar-refractivity contribution in [2.45, 2.75) is 64.2 Å². The molecule has 0 unspecified atom stereocenters. The smallest absolute Gasteiger partial charge is 0.422 e. The Labute approximate surface area is 224 Å². The lowest BCUT2D eigenvalue weighted by molar-refractivity contribution is -0.153. The second-order valence-electron chi connectivity index (χ2n) is 10.6. The van der Waals surface area contributed by atoms with E-state index in [0.717, 1.165) is 17.3 Å². The Kier molecular flexibility index (Phi) is 8.67. The monoisotopic (exact) mass is 547 g/mol. The predicted molar refractivity (Wildman–Crippen MR) is 136 cm³/mol. The first-order valence-corrected chi connectivity index (χ1v) is 12.2. The molecule has 1 atom stereocenters. The summed E-state index contributed by atoms with van der Waals surface area (Å²) in [7, 11) is 1.26. The zero-order chi connectivity index (χ0) is 29.0. The van der Waals surface area contributed by atoms with Crippen LogP contribution in [0, 0.1) is 0 Å². The van der Waals surface area contributed by atoms with E-state index in [1.807, 2.05) is 24.3 Å². The number of esters is 1.